The zero-order valence-corrected chi connectivity index (χ0v) is 19.8. The molecular formula is C20H35N7O5S. The van der Waals surface area contributed by atoms with Crippen LogP contribution in [0.25, 0.3) is 0 Å². The predicted molar refractivity (Wildman–Crippen MR) is 125 cm³/mol. The summed E-state index contributed by atoms with van der Waals surface area (Å²) in [6, 6.07) is -3.90. The van der Waals surface area contributed by atoms with E-state index in [0.29, 0.717) is 30.8 Å². The quantitative estimate of drug-likeness (QED) is 0.139. The molecule has 9 N–H and O–H groups in total. The molecule has 1 aromatic heterocycles. The normalized spacial score (nSPS) is 14.5. The zero-order chi connectivity index (χ0) is 24.8. The molecule has 4 atom stereocenters. The van der Waals surface area contributed by atoms with Crippen molar-refractivity contribution in [2.45, 2.75) is 63.2 Å². The Balaban J connectivity index is 2.78. The molecular weight excluding hydrogens is 450 g/mol. The molecule has 0 radical (unpaired) electrons. The van der Waals surface area contributed by atoms with Gasteiger partial charge in [0.05, 0.1) is 12.4 Å². The average molecular weight is 486 g/mol. The number of aromatic nitrogens is 2. The molecule has 13 heteroatoms. The van der Waals surface area contributed by atoms with Gasteiger partial charge in [-0.05, 0) is 44.7 Å². The van der Waals surface area contributed by atoms with E-state index in [1.165, 1.54) is 31.2 Å². The lowest BCUT2D eigenvalue weighted by Crippen LogP contribution is -2.57. The lowest BCUT2D eigenvalue weighted by Gasteiger charge is -2.23. The molecule has 186 valence electrons. The number of unbranched alkanes of at least 4 members (excludes halogenated alkanes) is 1. The summed E-state index contributed by atoms with van der Waals surface area (Å²) in [5.74, 6) is -2.33. The van der Waals surface area contributed by atoms with Crippen LogP contribution in [0.5, 0.6) is 0 Å². The van der Waals surface area contributed by atoms with Crippen molar-refractivity contribution in [3.05, 3.63) is 18.2 Å². The second-order valence-corrected chi connectivity index (χ2v) is 8.63. The maximum absolute atomic E-state index is 12.9. The molecule has 0 spiro atoms. The van der Waals surface area contributed by atoms with Crippen LogP contribution in [-0.2, 0) is 25.6 Å². The Morgan fingerprint density at radius 3 is 2.36 bits per heavy atom. The fourth-order valence-electron chi connectivity index (χ4n) is 2.91. The number of amides is 3. The topological polar surface area (TPSA) is 205 Å². The van der Waals surface area contributed by atoms with E-state index in [1.807, 2.05) is 6.26 Å². The first-order valence-corrected chi connectivity index (χ1v) is 12.1. The maximum atomic E-state index is 12.9. The SMILES string of the molecule is CSCCC(NC(=O)C(C)NC(=O)C(Cc1cnc[nH]1)NC(=O)C(N)CCCCN)C(=O)O. The summed E-state index contributed by atoms with van der Waals surface area (Å²) in [6.45, 7) is 1.94. The number of nitrogens with zero attached hydrogens (tertiary/aromatic N) is 1. The van der Waals surface area contributed by atoms with Crippen LogP contribution in [0, 0.1) is 0 Å². The van der Waals surface area contributed by atoms with Crippen LogP contribution in [0.1, 0.15) is 38.3 Å². The molecule has 3 amide bonds. The van der Waals surface area contributed by atoms with Crippen LogP contribution >= 0.6 is 11.8 Å². The summed E-state index contributed by atoms with van der Waals surface area (Å²) in [7, 11) is 0. The standard InChI is InChI=1S/C20H35N7O5S/c1-12(17(28)26-15(20(31)32)6-8-33-2)25-19(30)16(9-13-10-23-11-24-13)27-18(29)14(22)5-3-4-7-21/h10-12,14-16H,3-9,21-22H2,1-2H3,(H,23,24)(H,25,30)(H,26,28)(H,27,29)(H,31,32). The Morgan fingerprint density at radius 1 is 1.09 bits per heavy atom. The zero-order valence-electron chi connectivity index (χ0n) is 19.0. The molecule has 4 unspecified atom stereocenters. The van der Waals surface area contributed by atoms with Crippen molar-refractivity contribution in [2.75, 3.05) is 18.6 Å². The molecule has 0 saturated carbocycles. The minimum atomic E-state index is -1.15. The number of thioether (sulfide) groups is 1. The van der Waals surface area contributed by atoms with Crippen molar-refractivity contribution >= 4 is 35.5 Å². The molecule has 0 aliphatic rings. The number of hydrogen-bond donors (Lipinski definition) is 7. The average Bonchev–Trinajstić information content (AvgIpc) is 3.28. The van der Waals surface area contributed by atoms with Crippen molar-refractivity contribution in [3.63, 3.8) is 0 Å². The summed E-state index contributed by atoms with van der Waals surface area (Å²) in [4.78, 5) is 56.0. The number of aromatic amines is 1. The number of hydrogen-bond acceptors (Lipinski definition) is 8. The van der Waals surface area contributed by atoms with Crippen LogP contribution < -0.4 is 27.4 Å². The molecule has 12 nitrogen and oxygen atoms in total. The highest BCUT2D eigenvalue weighted by Crippen LogP contribution is 2.04. The number of carbonyl (C=O) groups excluding carboxylic acids is 3. The first-order valence-electron chi connectivity index (χ1n) is 10.7. The lowest BCUT2D eigenvalue weighted by molar-refractivity contribution is -0.142. The molecule has 0 bridgehead atoms. The van der Waals surface area contributed by atoms with Gasteiger partial charge in [0.2, 0.25) is 17.7 Å². The van der Waals surface area contributed by atoms with E-state index in [-0.39, 0.29) is 12.8 Å². The van der Waals surface area contributed by atoms with E-state index >= 15 is 0 Å². The first kappa shape index (κ1) is 28.4. The Hall–Kier alpha value is -2.64. The molecule has 33 heavy (non-hydrogen) atoms. The van der Waals surface area contributed by atoms with Crippen LogP contribution in [0.3, 0.4) is 0 Å². The smallest absolute Gasteiger partial charge is 0.326 e. The van der Waals surface area contributed by atoms with Gasteiger partial charge in [-0.2, -0.15) is 11.8 Å². The highest BCUT2D eigenvalue weighted by Gasteiger charge is 2.28. The van der Waals surface area contributed by atoms with Crippen molar-refractivity contribution < 1.29 is 24.3 Å². The first-order chi connectivity index (χ1) is 15.7. The fraction of sp³-hybridized carbons (Fsp3) is 0.650. The van der Waals surface area contributed by atoms with E-state index < -0.39 is 47.9 Å². The highest BCUT2D eigenvalue weighted by atomic mass is 32.2. The van der Waals surface area contributed by atoms with Gasteiger partial charge in [0.15, 0.2) is 0 Å². The number of carbonyl (C=O) groups is 4. The van der Waals surface area contributed by atoms with Crippen LogP contribution in [-0.4, -0.2) is 81.5 Å². The maximum Gasteiger partial charge on any atom is 0.326 e. The summed E-state index contributed by atoms with van der Waals surface area (Å²) in [5.41, 5.74) is 12.0. The molecule has 1 aromatic rings. The Labute approximate surface area is 197 Å². The Kier molecular flexibility index (Phi) is 13.1. The summed E-state index contributed by atoms with van der Waals surface area (Å²) in [5, 5.41) is 16.9. The molecule has 0 saturated heterocycles. The van der Waals surface area contributed by atoms with E-state index in [1.54, 1.807) is 0 Å². The van der Waals surface area contributed by atoms with Gasteiger partial charge in [0, 0.05) is 18.3 Å². The van der Waals surface area contributed by atoms with E-state index in [4.69, 9.17) is 11.5 Å². The number of H-pyrrole nitrogens is 1. The number of imidazole rings is 1. The van der Waals surface area contributed by atoms with Gasteiger partial charge in [-0.15, -0.1) is 0 Å². The monoisotopic (exact) mass is 485 g/mol. The third kappa shape index (κ3) is 10.7. The highest BCUT2D eigenvalue weighted by molar-refractivity contribution is 7.98. The van der Waals surface area contributed by atoms with Gasteiger partial charge in [-0.1, -0.05) is 6.42 Å². The summed E-state index contributed by atoms with van der Waals surface area (Å²) in [6.07, 6.45) is 7.00. The summed E-state index contributed by atoms with van der Waals surface area (Å²) >= 11 is 1.46. The number of nitrogens with one attached hydrogen (secondary N) is 4. The Morgan fingerprint density at radius 2 is 1.79 bits per heavy atom. The third-order valence-electron chi connectivity index (χ3n) is 4.90. The van der Waals surface area contributed by atoms with Gasteiger partial charge in [-0.25, -0.2) is 9.78 Å². The van der Waals surface area contributed by atoms with Crippen molar-refractivity contribution in [1.82, 2.24) is 25.9 Å². The van der Waals surface area contributed by atoms with Gasteiger partial charge in [0.1, 0.15) is 18.1 Å². The lowest BCUT2D eigenvalue weighted by atomic mass is 10.1. The number of rotatable bonds is 16. The molecule has 0 aliphatic carbocycles. The van der Waals surface area contributed by atoms with Crippen LogP contribution in [0.15, 0.2) is 12.5 Å². The van der Waals surface area contributed by atoms with Gasteiger partial charge in [-0.3, -0.25) is 14.4 Å². The van der Waals surface area contributed by atoms with Crippen LogP contribution in [0.2, 0.25) is 0 Å². The number of carboxylic acid groups (broad SMARTS) is 1. The fourth-order valence-corrected chi connectivity index (χ4v) is 3.38. The van der Waals surface area contributed by atoms with E-state index in [2.05, 4.69) is 25.9 Å². The molecule has 0 aliphatic heterocycles. The number of nitrogens with two attached hydrogens (primary N) is 2. The van der Waals surface area contributed by atoms with Crippen molar-refractivity contribution in [1.29, 1.82) is 0 Å². The second-order valence-electron chi connectivity index (χ2n) is 7.64. The van der Waals surface area contributed by atoms with Gasteiger partial charge >= 0.3 is 5.97 Å². The molecule has 0 aromatic carbocycles. The van der Waals surface area contributed by atoms with Crippen molar-refractivity contribution in [3.8, 4) is 0 Å². The third-order valence-corrected chi connectivity index (χ3v) is 5.54. The van der Waals surface area contributed by atoms with E-state index in [9.17, 15) is 24.3 Å². The summed E-state index contributed by atoms with van der Waals surface area (Å²) < 4.78 is 0. The molecule has 0 fully saturated rings. The van der Waals surface area contributed by atoms with Crippen molar-refractivity contribution in [2.24, 2.45) is 11.5 Å². The molecule has 1 rings (SSSR count). The largest absolute Gasteiger partial charge is 0.480 e. The minimum Gasteiger partial charge on any atom is -0.480 e. The van der Waals surface area contributed by atoms with Gasteiger partial charge in [0.25, 0.3) is 0 Å². The molecule has 1 heterocycles. The second kappa shape index (κ2) is 15.2. The number of aliphatic carboxylic acids is 1. The number of carboxylic acids is 1. The predicted octanol–water partition coefficient (Wildman–Crippen LogP) is -1.28. The Bertz CT molecular complexity index is 762. The minimum absolute atomic E-state index is 0.104. The van der Waals surface area contributed by atoms with E-state index in [0.717, 1.165) is 6.42 Å². The van der Waals surface area contributed by atoms with Crippen LogP contribution in [0.4, 0.5) is 0 Å². The van der Waals surface area contributed by atoms with Gasteiger partial charge < -0.3 is 37.5 Å².